The van der Waals surface area contributed by atoms with Gasteiger partial charge in [0.05, 0.1) is 0 Å². The standard InChI is InChI=1S/C48H38N2S2/c1-2-36(46-35-45(38-23-11-4-12-24-38)48(52-46)50(41-29-17-7-18-30-41)42-31-19-8-20-32-42)33-43-34-44(37-21-9-3-10-22-37)47(51-43)49(39-25-13-5-14-26-39)40-27-15-6-16-28-40/h3-35H,2H2,1H3/b36-33+. The number of anilines is 6. The zero-order chi connectivity index (χ0) is 35.1. The van der Waals surface area contributed by atoms with Crippen molar-refractivity contribution in [2.75, 3.05) is 9.80 Å². The summed E-state index contributed by atoms with van der Waals surface area (Å²) in [5, 5.41) is 2.40. The third-order valence-corrected chi connectivity index (χ3v) is 11.4. The van der Waals surface area contributed by atoms with Crippen molar-refractivity contribution in [1.82, 2.24) is 0 Å². The van der Waals surface area contributed by atoms with E-state index in [4.69, 9.17) is 0 Å². The molecule has 0 spiro atoms. The topological polar surface area (TPSA) is 6.48 Å². The van der Waals surface area contributed by atoms with Crippen LogP contribution >= 0.6 is 22.7 Å². The molecule has 0 aliphatic heterocycles. The molecule has 8 rings (SSSR count). The molecule has 0 amide bonds. The lowest BCUT2D eigenvalue weighted by atomic mass is 10.0. The summed E-state index contributed by atoms with van der Waals surface area (Å²) in [5.41, 5.74) is 10.7. The number of rotatable bonds is 11. The van der Waals surface area contributed by atoms with Gasteiger partial charge < -0.3 is 9.80 Å². The van der Waals surface area contributed by atoms with E-state index in [0.29, 0.717) is 0 Å². The average Bonchev–Trinajstić information content (AvgIpc) is 3.84. The average molecular weight is 707 g/mol. The van der Waals surface area contributed by atoms with E-state index in [1.807, 2.05) is 22.7 Å². The Bertz CT molecular complexity index is 2290. The Labute approximate surface area is 314 Å². The molecule has 0 bridgehead atoms. The summed E-state index contributed by atoms with van der Waals surface area (Å²) in [6.45, 7) is 2.27. The zero-order valence-corrected chi connectivity index (χ0v) is 30.6. The molecule has 0 N–H and O–H groups in total. The highest BCUT2D eigenvalue weighted by Crippen LogP contribution is 2.50. The number of hydrogen-bond acceptors (Lipinski definition) is 4. The van der Waals surface area contributed by atoms with E-state index in [1.54, 1.807) is 0 Å². The highest BCUT2D eigenvalue weighted by Gasteiger charge is 2.23. The lowest BCUT2D eigenvalue weighted by molar-refractivity contribution is 1.26. The van der Waals surface area contributed by atoms with Crippen molar-refractivity contribution in [3.8, 4) is 22.3 Å². The van der Waals surface area contributed by atoms with Gasteiger partial charge in [-0.05, 0) is 89.9 Å². The molecule has 0 aliphatic rings. The summed E-state index contributed by atoms with van der Waals surface area (Å²) in [6.07, 6.45) is 3.31. The summed E-state index contributed by atoms with van der Waals surface area (Å²) in [5.74, 6) is 0. The Hall–Kier alpha value is -5.94. The molecule has 0 radical (unpaired) electrons. The molecule has 8 aromatic rings. The number of hydrogen-bond donors (Lipinski definition) is 0. The predicted octanol–water partition coefficient (Wildman–Crippen LogP) is 15.0. The third kappa shape index (κ3) is 7.00. The van der Waals surface area contributed by atoms with Crippen LogP contribution in [0.2, 0.25) is 0 Å². The first-order chi connectivity index (χ1) is 25.8. The van der Waals surface area contributed by atoms with Crippen molar-refractivity contribution >= 4 is 67.1 Å². The Morgan fingerprint density at radius 1 is 0.442 bits per heavy atom. The van der Waals surface area contributed by atoms with Gasteiger partial charge in [-0.1, -0.05) is 140 Å². The van der Waals surface area contributed by atoms with E-state index >= 15 is 0 Å². The van der Waals surface area contributed by atoms with Gasteiger partial charge in [0.25, 0.3) is 0 Å². The van der Waals surface area contributed by atoms with Crippen LogP contribution in [0.3, 0.4) is 0 Å². The molecule has 0 unspecified atom stereocenters. The normalized spacial score (nSPS) is 11.4. The van der Waals surface area contributed by atoms with E-state index < -0.39 is 0 Å². The quantitative estimate of drug-likeness (QED) is 0.132. The maximum absolute atomic E-state index is 2.41. The van der Waals surface area contributed by atoms with Gasteiger partial charge in [0.15, 0.2) is 0 Å². The number of thiophene rings is 2. The Morgan fingerprint density at radius 3 is 1.17 bits per heavy atom. The van der Waals surface area contributed by atoms with E-state index in [2.05, 4.69) is 217 Å². The molecule has 252 valence electrons. The molecular weight excluding hydrogens is 669 g/mol. The summed E-state index contributed by atoms with van der Waals surface area (Å²) in [7, 11) is 0. The van der Waals surface area contributed by atoms with E-state index in [9.17, 15) is 0 Å². The summed E-state index contributed by atoms with van der Waals surface area (Å²) in [4.78, 5) is 7.29. The molecule has 0 aliphatic carbocycles. The Balaban J connectivity index is 1.30. The minimum Gasteiger partial charge on any atom is -0.301 e. The predicted molar refractivity (Wildman–Crippen MR) is 227 cm³/mol. The van der Waals surface area contributed by atoms with Crippen LogP contribution in [0, 0.1) is 0 Å². The van der Waals surface area contributed by atoms with Gasteiger partial charge in [-0.15, -0.1) is 22.7 Å². The molecule has 2 nitrogen and oxygen atoms in total. The van der Waals surface area contributed by atoms with Crippen LogP contribution in [-0.2, 0) is 0 Å². The largest absolute Gasteiger partial charge is 0.301 e. The van der Waals surface area contributed by atoms with Crippen molar-refractivity contribution < 1.29 is 0 Å². The highest BCUT2D eigenvalue weighted by atomic mass is 32.1. The fourth-order valence-electron chi connectivity index (χ4n) is 6.59. The number of benzene rings is 6. The minimum atomic E-state index is 0.903. The molecule has 2 aromatic heterocycles. The Morgan fingerprint density at radius 2 is 0.788 bits per heavy atom. The second-order valence-electron chi connectivity index (χ2n) is 12.5. The SMILES string of the molecule is CC/C(=C\c1cc(-c2ccccc2)c(N(c2ccccc2)c2ccccc2)s1)c1cc(-c2ccccc2)c(N(c2ccccc2)c2ccccc2)s1. The van der Waals surface area contributed by atoms with Crippen molar-refractivity contribution in [2.45, 2.75) is 13.3 Å². The third-order valence-electron chi connectivity index (χ3n) is 9.09. The van der Waals surface area contributed by atoms with Crippen LogP contribution in [0.5, 0.6) is 0 Å². The second kappa shape index (κ2) is 15.5. The van der Waals surface area contributed by atoms with Gasteiger partial charge in [-0.3, -0.25) is 0 Å². The molecule has 0 saturated heterocycles. The van der Waals surface area contributed by atoms with E-state index in [-0.39, 0.29) is 0 Å². The maximum atomic E-state index is 2.41. The minimum absolute atomic E-state index is 0.903. The number of para-hydroxylation sites is 4. The van der Waals surface area contributed by atoms with E-state index in [0.717, 1.165) is 29.2 Å². The van der Waals surface area contributed by atoms with E-state index in [1.165, 1.54) is 47.6 Å². The van der Waals surface area contributed by atoms with Crippen LogP contribution in [-0.4, -0.2) is 0 Å². The van der Waals surface area contributed by atoms with Crippen molar-refractivity contribution in [1.29, 1.82) is 0 Å². The first-order valence-corrected chi connectivity index (χ1v) is 19.3. The number of nitrogens with zero attached hydrogens (tertiary/aromatic N) is 2. The molecule has 4 heteroatoms. The first kappa shape index (κ1) is 33.2. The summed E-state index contributed by atoms with van der Waals surface area (Å²) >= 11 is 3.70. The van der Waals surface area contributed by atoms with Crippen LogP contribution in [0.15, 0.2) is 194 Å². The molecule has 2 heterocycles. The van der Waals surface area contributed by atoms with Gasteiger partial charge >= 0.3 is 0 Å². The Kier molecular flexibility index (Phi) is 9.92. The van der Waals surface area contributed by atoms with Crippen molar-refractivity contribution in [3.63, 3.8) is 0 Å². The van der Waals surface area contributed by atoms with Crippen LogP contribution in [0.25, 0.3) is 33.9 Å². The smallest absolute Gasteiger partial charge is 0.109 e. The van der Waals surface area contributed by atoms with Crippen molar-refractivity contribution in [3.05, 3.63) is 204 Å². The molecular formula is C48H38N2S2. The first-order valence-electron chi connectivity index (χ1n) is 17.7. The zero-order valence-electron chi connectivity index (χ0n) is 29.0. The molecule has 0 atom stereocenters. The fourth-order valence-corrected chi connectivity index (χ4v) is 9.09. The van der Waals surface area contributed by atoms with Gasteiger partial charge in [-0.25, -0.2) is 0 Å². The molecule has 6 aromatic carbocycles. The monoisotopic (exact) mass is 706 g/mol. The maximum Gasteiger partial charge on any atom is 0.109 e. The molecule has 0 fully saturated rings. The second-order valence-corrected chi connectivity index (χ2v) is 14.6. The van der Waals surface area contributed by atoms with Crippen molar-refractivity contribution in [2.24, 2.45) is 0 Å². The molecule has 0 saturated carbocycles. The van der Waals surface area contributed by atoms with Gasteiger partial charge in [-0.2, -0.15) is 0 Å². The van der Waals surface area contributed by atoms with Crippen LogP contribution in [0.1, 0.15) is 23.1 Å². The van der Waals surface area contributed by atoms with Gasteiger partial charge in [0.2, 0.25) is 0 Å². The van der Waals surface area contributed by atoms with Gasteiger partial charge in [0, 0.05) is 43.6 Å². The lowest BCUT2D eigenvalue weighted by Gasteiger charge is -2.25. The summed E-state index contributed by atoms with van der Waals surface area (Å²) < 4.78 is 0. The molecule has 52 heavy (non-hydrogen) atoms. The lowest BCUT2D eigenvalue weighted by Crippen LogP contribution is -2.09. The van der Waals surface area contributed by atoms with Crippen LogP contribution in [0.4, 0.5) is 32.8 Å². The fraction of sp³-hybridized carbons (Fsp3) is 0.0417. The summed E-state index contributed by atoms with van der Waals surface area (Å²) in [6, 6.07) is 69.1. The van der Waals surface area contributed by atoms with Gasteiger partial charge in [0.1, 0.15) is 10.0 Å². The van der Waals surface area contributed by atoms with Crippen LogP contribution < -0.4 is 9.80 Å². The highest BCUT2D eigenvalue weighted by molar-refractivity contribution is 7.19. The number of allylic oxidation sites excluding steroid dienone is 1.